The number of ketones is 2. The normalized spacial score (nSPS) is 25.1. The van der Waals surface area contributed by atoms with Crippen LogP contribution in [0.2, 0.25) is 0 Å². The molecule has 0 radical (unpaired) electrons. The molecule has 2 atom stereocenters. The van der Waals surface area contributed by atoms with Crippen LogP contribution in [0.3, 0.4) is 0 Å². The van der Waals surface area contributed by atoms with Gasteiger partial charge in [-0.2, -0.15) is 0 Å². The molecule has 0 spiro atoms. The van der Waals surface area contributed by atoms with Crippen LogP contribution in [0.15, 0.2) is 66.7 Å². The fourth-order valence-electron chi connectivity index (χ4n) is 4.40. The summed E-state index contributed by atoms with van der Waals surface area (Å²) >= 11 is 0. The van der Waals surface area contributed by atoms with Crippen LogP contribution in [0.4, 0.5) is 0 Å². The van der Waals surface area contributed by atoms with Crippen molar-refractivity contribution >= 4 is 22.3 Å². The van der Waals surface area contributed by atoms with E-state index in [-0.39, 0.29) is 18.1 Å². The van der Waals surface area contributed by atoms with Gasteiger partial charge in [-0.05, 0) is 21.9 Å². The summed E-state index contributed by atoms with van der Waals surface area (Å²) in [5.74, 6) is -0.349. The monoisotopic (exact) mass is 313 g/mol. The van der Waals surface area contributed by atoms with Gasteiger partial charge < -0.3 is 0 Å². The summed E-state index contributed by atoms with van der Waals surface area (Å²) in [7, 11) is 0. The molecule has 1 fully saturated rings. The molecular formula is C21H15NO2. The lowest BCUT2D eigenvalue weighted by Crippen LogP contribution is -2.44. The van der Waals surface area contributed by atoms with E-state index in [0.29, 0.717) is 5.56 Å². The third-order valence-corrected chi connectivity index (χ3v) is 5.39. The molecule has 3 aromatic carbocycles. The highest BCUT2D eigenvalue weighted by molar-refractivity contribution is 6.18. The van der Waals surface area contributed by atoms with Gasteiger partial charge in [0, 0.05) is 5.56 Å². The Morgan fingerprint density at radius 3 is 2.54 bits per heavy atom. The zero-order valence-corrected chi connectivity index (χ0v) is 13.0. The minimum atomic E-state index is -0.971. The molecule has 3 nitrogen and oxygen atoms in total. The predicted octanol–water partition coefficient (Wildman–Crippen LogP) is 3.19. The molecule has 0 amide bonds. The molecule has 0 bridgehead atoms. The number of hydrogen-bond donors (Lipinski definition) is 1. The first-order valence-corrected chi connectivity index (χ1v) is 8.13. The molecule has 0 saturated carbocycles. The lowest BCUT2D eigenvalue weighted by atomic mass is 9.77. The predicted molar refractivity (Wildman–Crippen MR) is 92.1 cm³/mol. The number of rotatable bonds is 1. The van der Waals surface area contributed by atoms with Crippen molar-refractivity contribution < 1.29 is 9.59 Å². The standard InChI is InChI=1S/C21H15NO2/c23-18-12-22-21(17-11-5-7-13-6-1-2-8-14(13)17)19(18)15-9-3-4-10-16(15)20(21)24/h1-11,19,22H,12H2/t19-,21+/m0/s1. The second kappa shape index (κ2) is 4.62. The molecule has 1 aliphatic carbocycles. The van der Waals surface area contributed by atoms with Crippen LogP contribution in [0, 0.1) is 0 Å². The van der Waals surface area contributed by atoms with E-state index in [1.54, 1.807) is 0 Å². The number of carbonyl (C=O) groups excluding carboxylic acids is 2. The molecule has 1 N–H and O–H groups in total. The average molecular weight is 313 g/mol. The highest BCUT2D eigenvalue weighted by Gasteiger charge is 2.60. The molecule has 1 saturated heterocycles. The van der Waals surface area contributed by atoms with Crippen molar-refractivity contribution in [3.05, 3.63) is 83.4 Å². The molecule has 1 heterocycles. The van der Waals surface area contributed by atoms with Crippen LogP contribution in [-0.2, 0) is 10.3 Å². The number of benzene rings is 3. The lowest BCUT2D eigenvalue weighted by molar-refractivity contribution is -0.117. The highest BCUT2D eigenvalue weighted by atomic mass is 16.1. The Labute approximate surface area is 139 Å². The van der Waals surface area contributed by atoms with Crippen LogP contribution in [0.5, 0.6) is 0 Å². The van der Waals surface area contributed by atoms with Crippen molar-refractivity contribution in [1.29, 1.82) is 0 Å². The second-order valence-corrected chi connectivity index (χ2v) is 6.50. The zero-order valence-electron chi connectivity index (χ0n) is 13.0. The third-order valence-electron chi connectivity index (χ3n) is 5.39. The Hall–Kier alpha value is -2.78. The highest BCUT2D eigenvalue weighted by Crippen LogP contribution is 2.51. The third kappa shape index (κ3) is 1.50. The summed E-state index contributed by atoms with van der Waals surface area (Å²) in [6.07, 6.45) is 0. The molecular weight excluding hydrogens is 298 g/mol. The van der Waals surface area contributed by atoms with E-state index in [4.69, 9.17) is 0 Å². The quantitative estimate of drug-likeness (QED) is 0.750. The van der Waals surface area contributed by atoms with Gasteiger partial charge in [-0.25, -0.2) is 0 Å². The largest absolute Gasteiger partial charge is 0.297 e. The van der Waals surface area contributed by atoms with Crippen LogP contribution < -0.4 is 5.32 Å². The first kappa shape index (κ1) is 13.6. The van der Waals surface area contributed by atoms with Crippen molar-refractivity contribution in [2.75, 3.05) is 6.54 Å². The molecule has 0 aromatic heterocycles. The number of nitrogens with one attached hydrogen (secondary N) is 1. The van der Waals surface area contributed by atoms with E-state index in [9.17, 15) is 9.59 Å². The molecule has 0 unspecified atom stereocenters. The van der Waals surface area contributed by atoms with Gasteiger partial charge in [-0.15, -0.1) is 0 Å². The van der Waals surface area contributed by atoms with E-state index < -0.39 is 11.5 Å². The Morgan fingerprint density at radius 1 is 0.875 bits per heavy atom. The zero-order chi connectivity index (χ0) is 16.3. The number of Topliss-reactive ketones (excluding diaryl/α,β-unsaturated/α-hetero) is 2. The lowest BCUT2D eigenvalue weighted by Gasteiger charge is -2.29. The summed E-state index contributed by atoms with van der Waals surface area (Å²) in [4.78, 5) is 26.0. The van der Waals surface area contributed by atoms with Crippen molar-refractivity contribution in [2.24, 2.45) is 0 Å². The minimum absolute atomic E-state index is 0.00491. The van der Waals surface area contributed by atoms with Gasteiger partial charge in [0.25, 0.3) is 0 Å². The van der Waals surface area contributed by atoms with Crippen LogP contribution >= 0.6 is 0 Å². The van der Waals surface area contributed by atoms with E-state index in [0.717, 1.165) is 21.9 Å². The molecule has 3 heteroatoms. The van der Waals surface area contributed by atoms with Crippen LogP contribution in [0.1, 0.15) is 27.4 Å². The van der Waals surface area contributed by atoms with E-state index >= 15 is 0 Å². The second-order valence-electron chi connectivity index (χ2n) is 6.50. The summed E-state index contributed by atoms with van der Waals surface area (Å²) in [6.45, 7) is 0.230. The van der Waals surface area contributed by atoms with Crippen molar-refractivity contribution in [3.8, 4) is 0 Å². The summed E-state index contributed by atoms with van der Waals surface area (Å²) < 4.78 is 0. The molecule has 1 aliphatic heterocycles. The van der Waals surface area contributed by atoms with Gasteiger partial charge in [0.15, 0.2) is 11.6 Å². The topological polar surface area (TPSA) is 46.2 Å². The summed E-state index contributed by atoms with van der Waals surface area (Å²) in [5, 5.41) is 5.39. The maximum absolute atomic E-state index is 13.4. The van der Waals surface area contributed by atoms with Crippen molar-refractivity contribution in [3.63, 3.8) is 0 Å². The number of hydrogen-bond acceptors (Lipinski definition) is 3. The molecule has 3 aromatic rings. The van der Waals surface area contributed by atoms with E-state index in [2.05, 4.69) is 5.32 Å². The smallest absolute Gasteiger partial charge is 0.188 e. The molecule has 2 aliphatic rings. The fourth-order valence-corrected chi connectivity index (χ4v) is 4.40. The Bertz CT molecular complexity index is 1020. The van der Waals surface area contributed by atoms with Gasteiger partial charge >= 0.3 is 0 Å². The van der Waals surface area contributed by atoms with Gasteiger partial charge in [0.1, 0.15) is 5.54 Å². The van der Waals surface area contributed by atoms with Crippen molar-refractivity contribution in [2.45, 2.75) is 11.5 Å². The average Bonchev–Trinajstić information content (AvgIpc) is 3.10. The maximum atomic E-state index is 13.4. The number of fused-ring (bicyclic) bond motifs is 4. The molecule has 5 rings (SSSR count). The van der Waals surface area contributed by atoms with Crippen molar-refractivity contribution in [1.82, 2.24) is 5.32 Å². The van der Waals surface area contributed by atoms with E-state index in [1.807, 2.05) is 66.7 Å². The fraction of sp³-hybridized carbons (Fsp3) is 0.143. The maximum Gasteiger partial charge on any atom is 0.188 e. The minimum Gasteiger partial charge on any atom is -0.297 e. The SMILES string of the molecule is O=C1CN[C@@]2(c3cccc4ccccc34)C(=O)c3ccccc3[C@@H]12. The Morgan fingerprint density at radius 2 is 1.62 bits per heavy atom. The van der Waals surface area contributed by atoms with E-state index in [1.165, 1.54) is 0 Å². The van der Waals surface area contributed by atoms with Crippen LogP contribution in [0.25, 0.3) is 10.8 Å². The van der Waals surface area contributed by atoms with Gasteiger partial charge in [0.05, 0.1) is 12.5 Å². The first-order valence-electron chi connectivity index (χ1n) is 8.13. The summed E-state index contributed by atoms with van der Waals surface area (Å²) in [5.41, 5.74) is 1.45. The molecule has 116 valence electrons. The van der Waals surface area contributed by atoms with Gasteiger partial charge in [-0.1, -0.05) is 66.7 Å². The number of carbonyl (C=O) groups is 2. The Balaban J connectivity index is 1.86. The Kier molecular flexibility index (Phi) is 2.62. The van der Waals surface area contributed by atoms with Gasteiger partial charge in [0.2, 0.25) is 0 Å². The van der Waals surface area contributed by atoms with Gasteiger partial charge in [-0.3, -0.25) is 14.9 Å². The summed E-state index contributed by atoms with van der Waals surface area (Å²) in [6, 6.07) is 21.5. The van der Waals surface area contributed by atoms with Crippen LogP contribution in [-0.4, -0.2) is 18.1 Å². The molecule has 24 heavy (non-hydrogen) atoms. The first-order chi connectivity index (χ1) is 11.7.